The zero-order valence-corrected chi connectivity index (χ0v) is 11.0. The summed E-state index contributed by atoms with van der Waals surface area (Å²) in [5.41, 5.74) is 1.02. The van der Waals surface area contributed by atoms with Crippen molar-refractivity contribution in [2.24, 2.45) is 17.8 Å². The quantitative estimate of drug-likeness (QED) is 0.878. The van der Waals surface area contributed by atoms with Gasteiger partial charge in [-0.1, -0.05) is 18.0 Å². The molecule has 4 unspecified atom stereocenters. The molecule has 0 radical (unpaired) electrons. The number of nitrogens with one attached hydrogen (secondary N) is 1. The number of aromatic nitrogens is 1. The van der Waals surface area contributed by atoms with Crippen molar-refractivity contribution in [2.75, 3.05) is 5.32 Å². The molecule has 0 saturated heterocycles. The van der Waals surface area contributed by atoms with E-state index in [1.54, 1.807) is 12.4 Å². The largest absolute Gasteiger partial charge is 0.381 e. The molecule has 0 amide bonds. The van der Waals surface area contributed by atoms with Gasteiger partial charge in [0.05, 0.1) is 10.7 Å². The molecule has 1 N–H and O–H groups in total. The van der Waals surface area contributed by atoms with Crippen molar-refractivity contribution in [1.82, 2.24) is 4.98 Å². The van der Waals surface area contributed by atoms with E-state index >= 15 is 0 Å². The van der Waals surface area contributed by atoms with Crippen molar-refractivity contribution in [1.29, 1.82) is 0 Å². The lowest BCUT2D eigenvalue weighted by atomic mass is 9.84. The highest BCUT2D eigenvalue weighted by atomic mass is 35.5. The third-order valence-electron chi connectivity index (χ3n) is 4.59. The molecule has 1 aromatic heterocycles. The summed E-state index contributed by atoms with van der Waals surface area (Å²) < 4.78 is 0. The number of fused-ring (bicyclic) bond motifs is 2. The molecule has 0 aromatic carbocycles. The summed E-state index contributed by atoms with van der Waals surface area (Å²) in [6.07, 6.45) is 9.26. The van der Waals surface area contributed by atoms with E-state index in [9.17, 15) is 0 Å². The fraction of sp³-hybridized carbons (Fsp3) is 0.643. The van der Waals surface area contributed by atoms with Gasteiger partial charge in [-0.25, -0.2) is 0 Å². The van der Waals surface area contributed by atoms with E-state index in [2.05, 4.69) is 17.2 Å². The summed E-state index contributed by atoms with van der Waals surface area (Å²) in [6, 6.07) is 2.48. The Morgan fingerprint density at radius 1 is 1.41 bits per heavy atom. The third-order valence-corrected chi connectivity index (χ3v) is 4.89. The van der Waals surface area contributed by atoms with E-state index in [4.69, 9.17) is 11.6 Å². The highest BCUT2D eigenvalue weighted by Crippen LogP contribution is 2.49. The summed E-state index contributed by atoms with van der Waals surface area (Å²) in [5, 5.41) is 4.29. The highest BCUT2D eigenvalue weighted by molar-refractivity contribution is 6.33. The van der Waals surface area contributed by atoms with Gasteiger partial charge in [0.2, 0.25) is 0 Å². The second-order valence-corrected chi connectivity index (χ2v) is 6.03. The van der Waals surface area contributed by atoms with Crippen LogP contribution >= 0.6 is 11.6 Å². The molecule has 4 atom stereocenters. The molecular weight excluding hydrogens is 232 g/mol. The zero-order valence-electron chi connectivity index (χ0n) is 10.2. The van der Waals surface area contributed by atoms with Gasteiger partial charge in [0, 0.05) is 18.4 Å². The summed E-state index contributed by atoms with van der Waals surface area (Å²) in [6.45, 7) is 2.29. The molecule has 0 spiro atoms. The Labute approximate surface area is 108 Å². The second kappa shape index (κ2) is 4.49. The Morgan fingerprint density at radius 3 is 2.94 bits per heavy atom. The number of halogens is 1. The van der Waals surface area contributed by atoms with Gasteiger partial charge in [-0.3, -0.25) is 4.98 Å². The van der Waals surface area contributed by atoms with Crippen LogP contribution in [-0.2, 0) is 0 Å². The second-order valence-electron chi connectivity index (χ2n) is 5.63. The smallest absolute Gasteiger partial charge is 0.0820 e. The standard InChI is InChI=1S/C14H19ClN2/c1-9(12-7-10-2-3-11(12)6-10)17-14-4-5-16-8-13(14)15/h4-5,8-12H,2-3,6-7H2,1H3,(H,16,17). The average Bonchev–Trinajstić information content (AvgIpc) is 2.94. The maximum absolute atomic E-state index is 6.13. The predicted molar refractivity (Wildman–Crippen MR) is 71.3 cm³/mol. The molecule has 17 heavy (non-hydrogen) atoms. The lowest BCUT2D eigenvalue weighted by Crippen LogP contribution is -2.30. The molecular formula is C14H19ClN2. The summed E-state index contributed by atoms with van der Waals surface area (Å²) in [4.78, 5) is 4.02. The van der Waals surface area contributed by atoms with Crippen molar-refractivity contribution in [3.63, 3.8) is 0 Å². The molecule has 3 heteroatoms. The first-order valence-corrected chi connectivity index (χ1v) is 6.98. The number of anilines is 1. The van der Waals surface area contributed by atoms with Crippen LogP contribution in [0.3, 0.4) is 0 Å². The number of nitrogens with zero attached hydrogens (tertiary/aromatic N) is 1. The van der Waals surface area contributed by atoms with Gasteiger partial charge < -0.3 is 5.32 Å². The number of hydrogen-bond donors (Lipinski definition) is 1. The maximum atomic E-state index is 6.13. The van der Waals surface area contributed by atoms with Gasteiger partial charge in [0.25, 0.3) is 0 Å². The Morgan fingerprint density at radius 2 is 2.29 bits per heavy atom. The molecule has 1 heterocycles. The van der Waals surface area contributed by atoms with Crippen LogP contribution in [0.5, 0.6) is 0 Å². The van der Waals surface area contributed by atoms with Crippen LogP contribution in [-0.4, -0.2) is 11.0 Å². The van der Waals surface area contributed by atoms with Gasteiger partial charge in [0.1, 0.15) is 0 Å². The normalized spacial score (nSPS) is 32.7. The van der Waals surface area contributed by atoms with Gasteiger partial charge >= 0.3 is 0 Å². The highest BCUT2D eigenvalue weighted by Gasteiger charge is 2.41. The van der Waals surface area contributed by atoms with E-state index in [1.165, 1.54) is 25.7 Å². The minimum Gasteiger partial charge on any atom is -0.381 e. The first-order valence-electron chi connectivity index (χ1n) is 6.60. The Hall–Kier alpha value is -0.760. The topological polar surface area (TPSA) is 24.9 Å². The molecule has 2 fully saturated rings. The summed E-state index contributed by atoms with van der Waals surface area (Å²) >= 11 is 6.13. The lowest BCUT2D eigenvalue weighted by Gasteiger charge is -2.29. The molecule has 2 saturated carbocycles. The van der Waals surface area contributed by atoms with Crippen molar-refractivity contribution >= 4 is 17.3 Å². The van der Waals surface area contributed by atoms with Gasteiger partial charge in [-0.05, 0) is 50.0 Å². The van der Waals surface area contributed by atoms with Gasteiger partial charge in [-0.2, -0.15) is 0 Å². The third kappa shape index (κ3) is 2.15. The number of rotatable bonds is 3. The first kappa shape index (κ1) is 11.3. The molecule has 92 valence electrons. The minimum absolute atomic E-state index is 0.519. The van der Waals surface area contributed by atoms with Gasteiger partial charge in [0.15, 0.2) is 0 Å². The van der Waals surface area contributed by atoms with Crippen molar-refractivity contribution < 1.29 is 0 Å². The van der Waals surface area contributed by atoms with Crippen LogP contribution in [0.1, 0.15) is 32.6 Å². The Kier molecular flexibility index (Phi) is 2.99. The fourth-order valence-electron chi connectivity index (χ4n) is 3.75. The van der Waals surface area contributed by atoms with E-state index in [-0.39, 0.29) is 0 Å². The summed E-state index contributed by atoms with van der Waals surface area (Å²) in [5.74, 6) is 2.78. The molecule has 3 rings (SSSR count). The Bertz CT molecular complexity index is 407. The van der Waals surface area contributed by atoms with Crippen LogP contribution < -0.4 is 5.32 Å². The number of pyridine rings is 1. The predicted octanol–water partition coefficient (Wildman–Crippen LogP) is 3.97. The van der Waals surface area contributed by atoms with Crippen molar-refractivity contribution in [3.05, 3.63) is 23.5 Å². The molecule has 2 aliphatic rings. The maximum Gasteiger partial charge on any atom is 0.0820 e. The Balaban J connectivity index is 1.68. The molecule has 2 bridgehead atoms. The van der Waals surface area contributed by atoms with Crippen LogP contribution in [0, 0.1) is 17.8 Å². The molecule has 1 aromatic rings. The van der Waals surface area contributed by atoms with Crippen LogP contribution in [0.25, 0.3) is 0 Å². The molecule has 0 aliphatic heterocycles. The van der Waals surface area contributed by atoms with Crippen LogP contribution in [0.2, 0.25) is 5.02 Å². The van der Waals surface area contributed by atoms with Gasteiger partial charge in [-0.15, -0.1) is 0 Å². The zero-order chi connectivity index (χ0) is 11.8. The minimum atomic E-state index is 0.519. The monoisotopic (exact) mass is 250 g/mol. The van der Waals surface area contributed by atoms with Crippen LogP contribution in [0.4, 0.5) is 5.69 Å². The van der Waals surface area contributed by atoms with Crippen LogP contribution in [0.15, 0.2) is 18.5 Å². The van der Waals surface area contributed by atoms with E-state index in [0.717, 1.165) is 28.5 Å². The van der Waals surface area contributed by atoms with E-state index in [1.807, 2.05) is 6.07 Å². The van der Waals surface area contributed by atoms with Crippen molar-refractivity contribution in [2.45, 2.75) is 38.6 Å². The van der Waals surface area contributed by atoms with Crippen molar-refractivity contribution in [3.8, 4) is 0 Å². The SMILES string of the molecule is CC(Nc1ccncc1Cl)C1CC2CCC1C2. The lowest BCUT2D eigenvalue weighted by molar-refractivity contribution is 0.304. The fourth-order valence-corrected chi connectivity index (χ4v) is 3.92. The summed E-state index contributed by atoms with van der Waals surface area (Å²) in [7, 11) is 0. The number of hydrogen-bond acceptors (Lipinski definition) is 2. The first-order chi connectivity index (χ1) is 8.24. The van der Waals surface area contributed by atoms with E-state index in [0.29, 0.717) is 6.04 Å². The molecule has 2 nitrogen and oxygen atoms in total. The molecule has 2 aliphatic carbocycles. The van der Waals surface area contributed by atoms with E-state index < -0.39 is 0 Å². The average molecular weight is 251 g/mol.